The maximum absolute atomic E-state index is 14.4. The van der Waals surface area contributed by atoms with Crippen molar-refractivity contribution in [2.75, 3.05) is 5.73 Å². The minimum absolute atomic E-state index is 0.0617. The van der Waals surface area contributed by atoms with Crippen LogP contribution >= 0.6 is 0 Å². The Morgan fingerprint density at radius 3 is 2.43 bits per heavy atom. The molecule has 3 rings (SSSR count). The summed E-state index contributed by atoms with van der Waals surface area (Å²) in [5.41, 5.74) is 10.0. The summed E-state index contributed by atoms with van der Waals surface area (Å²) >= 11 is 0. The molecule has 1 aliphatic rings. The maximum atomic E-state index is 14.4. The largest absolute Gasteiger partial charge is 0.452 e. The smallest absolute Gasteiger partial charge is 0.425 e. The van der Waals surface area contributed by atoms with Crippen molar-refractivity contribution >= 4 is 12.0 Å². The van der Waals surface area contributed by atoms with Gasteiger partial charge < -0.3 is 16.2 Å². The van der Waals surface area contributed by atoms with Crippen molar-refractivity contribution in [3.05, 3.63) is 53.1 Å². The van der Waals surface area contributed by atoms with Crippen molar-refractivity contribution in [2.45, 2.75) is 31.2 Å². The summed E-state index contributed by atoms with van der Waals surface area (Å²) in [6, 6.07) is 3.22. The fourth-order valence-corrected chi connectivity index (χ4v) is 2.78. The molecule has 0 aliphatic carbocycles. The van der Waals surface area contributed by atoms with E-state index in [1.807, 2.05) is 0 Å². The Morgan fingerprint density at radius 2 is 1.79 bits per heavy atom. The molecule has 6 nitrogen and oxygen atoms in total. The van der Waals surface area contributed by atoms with Gasteiger partial charge in [-0.1, -0.05) is 11.8 Å². The lowest BCUT2D eigenvalue weighted by molar-refractivity contribution is -0.208. The molecule has 1 aliphatic heterocycles. The summed E-state index contributed by atoms with van der Waals surface area (Å²) in [5, 5.41) is 0. The number of benzene rings is 1. The van der Waals surface area contributed by atoms with Gasteiger partial charge in [0.2, 0.25) is 5.95 Å². The maximum Gasteiger partial charge on any atom is 0.425 e. The number of nitrogen functional groups attached to an aromatic ring is 1. The van der Waals surface area contributed by atoms with E-state index in [1.165, 1.54) is 31.5 Å². The van der Waals surface area contributed by atoms with Crippen LogP contribution in [0.15, 0.2) is 35.6 Å². The molecule has 0 bridgehead atoms. The fourth-order valence-electron chi connectivity index (χ4n) is 2.78. The van der Waals surface area contributed by atoms with Crippen LogP contribution in [0.5, 0.6) is 0 Å². The lowest BCUT2D eigenvalue weighted by Crippen LogP contribution is -2.46. The number of nitrogens with zero attached hydrogens (tertiary/aromatic N) is 3. The van der Waals surface area contributed by atoms with E-state index in [0.29, 0.717) is 11.1 Å². The number of amidine groups is 1. The Morgan fingerprint density at radius 1 is 1.14 bits per heavy atom. The first-order valence-electron chi connectivity index (χ1n) is 8.05. The van der Waals surface area contributed by atoms with Crippen LogP contribution in [0.4, 0.5) is 23.5 Å². The van der Waals surface area contributed by atoms with E-state index in [9.17, 15) is 17.6 Å². The first kappa shape index (κ1) is 19.4. The number of ether oxygens (including phenoxy) is 1. The molecule has 0 fully saturated rings. The predicted molar refractivity (Wildman–Crippen MR) is 93.3 cm³/mol. The van der Waals surface area contributed by atoms with Crippen molar-refractivity contribution in [1.82, 2.24) is 9.97 Å². The van der Waals surface area contributed by atoms with Gasteiger partial charge in [-0.2, -0.15) is 13.2 Å². The monoisotopic (exact) mass is 393 g/mol. The number of nitrogens with two attached hydrogens (primary N) is 2. The Balaban J connectivity index is 1.97. The zero-order chi connectivity index (χ0) is 20.5. The topological polar surface area (TPSA) is 99.4 Å². The molecule has 0 saturated heterocycles. The SMILES string of the molecule is CC1(c2cc(C#Cc3cnc(N)nc3)ccc2F)CC(C(F)(F)F)OC(N)=N1. The Hall–Kier alpha value is -3.35. The highest BCUT2D eigenvalue weighted by molar-refractivity contribution is 5.73. The molecule has 10 heteroatoms. The van der Waals surface area contributed by atoms with Crippen molar-refractivity contribution in [1.29, 1.82) is 0 Å². The van der Waals surface area contributed by atoms with E-state index in [1.54, 1.807) is 0 Å². The van der Waals surface area contributed by atoms with E-state index >= 15 is 0 Å². The summed E-state index contributed by atoms with van der Waals surface area (Å²) in [7, 11) is 0. The van der Waals surface area contributed by atoms with Gasteiger partial charge in [-0.15, -0.1) is 0 Å². The van der Waals surface area contributed by atoms with E-state index in [4.69, 9.17) is 11.5 Å². The van der Waals surface area contributed by atoms with Gasteiger partial charge in [-0.25, -0.2) is 19.4 Å². The minimum atomic E-state index is -4.66. The molecule has 2 unspecified atom stereocenters. The van der Waals surface area contributed by atoms with Gasteiger partial charge in [-0.3, -0.25) is 0 Å². The van der Waals surface area contributed by atoms with E-state index in [0.717, 1.165) is 6.07 Å². The highest BCUT2D eigenvalue weighted by Gasteiger charge is 2.50. The first-order chi connectivity index (χ1) is 13.1. The number of anilines is 1. The van der Waals surface area contributed by atoms with Crippen LogP contribution in [-0.2, 0) is 10.3 Å². The molecular formula is C18H15F4N5O. The number of aliphatic imine (C=N–C) groups is 1. The van der Waals surface area contributed by atoms with Gasteiger partial charge in [0, 0.05) is 29.9 Å². The Kier molecular flexibility index (Phi) is 4.85. The Labute approximate surface area is 157 Å². The molecule has 146 valence electrons. The molecule has 4 N–H and O–H groups in total. The zero-order valence-corrected chi connectivity index (χ0v) is 14.6. The second-order valence-electron chi connectivity index (χ2n) is 6.35. The fraction of sp³-hybridized carbons (Fsp3) is 0.278. The normalized spacial score (nSPS) is 21.9. The first-order valence-corrected chi connectivity index (χ1v) is 8.05. The van der Waals surface area contributed by atoms with Gasteiger partial charge in [0.15, 0.2) is 6.10 Å². The Bertz CT molecular complexity index is 978. The minimum Gasteiger partial charge on any atom is -0.452 e. The summed E-state index contributed by atoms with van der Waals surface area (Å²) in [4.78, 5) is 11.5. The van der Waals surface area contributed by atoms with Crippen LogP contribution < -0.4 is 11.5 Å². The van der Waals surface area contributed by atoms with Gasteiger partial charge in [0.05, 0.1) is 11.1 Å². The summed E-state index contributed by atoms with van der Waals surface area (Å²) < 4.78 is 58.4. The summed E-state index contributed by atoms with van der Waals surface area (Å²) in [5.74, 6) is 4.94. The lowest BCUT2D eigenvalue weighted by Gasteiger charge is -2.35. The zero-order valence-electron chi connectivity index (χ0n) is 14.6. The molecule has 0 radical (unpaired) electrons. The third-order valence-corrected chi connectivity index (χ3v) is 4.14. The standard InChI is InChI=1S/C18H15F4N5O/c1-17(7-14(18(20,21)22)28-16(24)27-17)12-6-10(4-5-13(12)19)2-3-11-8-25-15(23)26-9-11/h4-6,8-9,14H,7H2,1H3,(H2,24,27)(H2,23,25,26). The van der Waals surface area contributed by atoms with Crippen LogP contribution in [0.25, 0.3) is 0 Å². The van der Waals surface area contributed by atoms with E-state index < -0.39 is 36.1 Å². The van der Waals surface area contributed by atoms with Crippen molar-refractivity contribution in [3.8, 4) is 11.8 Å². The number of hydrogen-bond donors (Lipinski definition) is 2. The number of alkyl halides is 3. The molecule has 0 spiro atoms. The van der Waals surface area contributed by atoms with Gasteiger partial charge in [0.1, 0.15) is 5.82 Å². The number of hydrogen-bond acceptors (Lipinski definition) is 6. The molecular weight excluding hydrogens is 378 g/mol. The summed E-state index contributed by atoms with van der Waals surface area (Å²) in [6.07, 6.45) is -4.63. The van der Waals surface area contributed by atoms with Crippen molar-refractivity contribution < 1.29 is 22.3 Å². The van der Waals surface area contributed by atoms with Crippen LogP contribution in [0.3, 0.4) is 0 Å². The van der Waals surface area contributed by atoms with Crippen LogP contribution in [0.1, 0.15) is 30.0 Å². The molecule has 1 aromatic heterocycles. The van der Waals surface area contributed by atoms with Crippen molar-refractivity contribution in [3.63, 3.8) is 0 Å². The van der Waals surface area contributed by atoms with E-state index in [-0.39, 0.29) is 11.5 Å². The second kappa shape index (κ2) is 6.99. The highest BCUT2D eigenvalue weighted by Crippen LogP contribution is 2.40. The summed E-state index contributed by atoms with van der Waals surface area (Å²) in [6.45, 7) is 1.37. The third-order valence-electron chi connectivity index (χ3n) is 4.14. The van der Waals surface area contributed by atoms with Gasteiger partial charge in [-0.05, 0) is 25.1 Å². The van der Waals surface area contributed by atoms with Gasteiger partial charge >= 0.3 is 6.18 Å². The molecule has 2 atom stereocenters. The average Bonchev–Trinajstić information content (AvgIpc) is 2.61. The molecule has 28 heavy (non-hydrogen) atoms. The molecule has 1 aromatic carbocycles. The predicted octanol–water partition coefficient (Wildman–Crippen LogP) is 2.48. The number of aromatic nitrogens is 2. The second-order valence-corrected chi connectivity index (χ2v) is 6.35. The number of halogens is 4. The highest BCUT2D eigenvalue weighted by atomic mass is 19.4. The van der Waals surface area contributed by atoms with Gasteiger partial charge in [0.25, 0.3) is 6.02 Å². The van der Waals surface area contributed by atoms with Crippen LogP contribution in [0.2, 0.25) is 0 Å². The van der Waals surface area contributed by atoms with Crippen LogP contribution in [0, 0.1) is 17.7 Å². The lowest BCUT2D eigenvalue weighted by atomic mass is 9.85. The molecule has 2 heterocycles. The van der Waals surface area contributed by atoms with E-state index in [2.05, 4.69) is 31.5 Å². The average molecular weight is 393 g/mol. The molecule has 2 aromatic rings. The molecule has 0 amide bonds. The van der Waals surface area contributed by atoms with Crippen molar-refractivity contribution in [2.24, 2.45) is 10.7 Å². The van der Waals surface area contributed by atoms with Crippen LogP contribution in [-0.4, -0.2) is 28.3 Å². The number of rotatable bonds is 1. The quantitative estimate of drug-likeness (QED) is 0.573. The molecule has 0 saturated carbocycles. The third kappa shape index (κ3) is 4.14.